The Hall–Kier alpha value is -1.35. The Morgan fingerprint density at radius 1 is 1.28 bits per heavy atom. The summed E-state index contributed by atoms with van der Waals surface area (Å²) in [7, 11) is 1.62. The van der Waals surface area contributed by atoms with Crippen LogP contribution in [0.1, 0.15) is 24.3 Å². The summed E-state index contributed by atoms with van der Waals surface area (Å²) >= 11 is 3.23. The monoisotopic (exact) mass is 519 g/mol. The van der Waals surface area contributed by atoms with Gasteiger partial charge in [-0.05, 0) is 64.5 Å². The number of nitrogens with one attached hydrogen (secondary N) is 1. The number of hydrogen-bond acceptors (Lipinski definition) is 2. The highest BCUT2D eigenvalue weighted by Gasteiger charge is 2.30. The van der Waals surface area contributed by atoms with Gasteiger partial charge in [-0.15, -0.1) is 24.0 Å². The smallest absolute Gasteiger partial charge is 0.193 e. The van der Waals surface area contributed by atoms with E-state index in [4.69, 9.17) is 10.5 Å². The maximum absolute atomic E-state index is 13.3. The Kier molecular flexibility index (Phi) is 7.06. The molecule has 0 spiro atoms. The summed E-state index contributed by atoms with van der Waals surface area (Å²) < 4.78 is 19.0. The normalized spacial score (nSPS) is 19.6. The number of rotatable bonds is 4. The molecule has 2 aromatic rings. The third kappa shape index (κ3) is 5.07. The molecule has 25 heavy (non-hydrogen) atoms. The molecule has 0 amide bonds. The van der Waals surface area contributed by atoms with Crippen molar-refractivity contribution in [1.29, 1.82) is 0 Å². The number of halogens is 3. The summed E-state index contributed by atoms with van der Waals surface area (Å²) in [5.41, 5.74) is 7.95. The van der Waals surface area contributed by atoms with Crippen LogP contribution in [0.15, 0.2) is 51.9 Å². The molecule has 3 rings (SSSR count). The summed E-state index contributed by atoms with van der Waals surface area (Å²) in [6.45, 7) is 0. The fraction of sp³-hybridized carbons (Fsp3) is 0.278. The van der Waals surface area contributed by atoms with Crippen LogP contribution in [0.4, 0.5) is 10.1 Å². The fourth-order valence-electron chi connectivity index (χ4n) is 2.81. The molecular formula is C18H20BrFIN3O. The summed E-state index contributed by atoms with van der Waals surface area (Å²) in [4.78, 5) is 4.51. The molecule has 0 aliphatic heterocycles. The van der Waals surface area contributed by atoms with Gasteiger partial charge in [0.25, 0.3) is 0 Å². The van der Waals surface area contributed by atoms with Gasteiger partial charge in [0.15, 0.2) is 5.96 Å². The van der Waals surface area contributed by atoms with E-state index in [1.807, 2.05) is 36.4 Å². The number of methoxy groups -OCH3 is 1. The van der Waals surface area contributed by atoms with Gasteiger partial charge in [-0.25, -0.2) is 9.38 Å². The molecule has 4 nitrogen and oxygen atoms in total. The van der Waals surface area contributed by atoms with Crippen molar-refractivity contribution < 1.29 is 9.13 Å². The van der Waals surface area contributed by atoms with Crippen LogP contribution in [0.5, 0.6) is 5.75 Å². The number of guanidine groups is 1. The number of anilines is 1. The van der Waals surface area contributed by atoms with Gasteiger partial charge in [0, 0.05) is 11.8 Å². The molecule has 1 aliphatic carbocycles. The van der Waals surface area contributed by atoms with Crippen LogP contribution < -0.4 is 15.8 Å². The second kappa shape index (κ2) is 8.84. The molecule has 0 aromatic heterocycles. The summed E-state index contributed by atoms with van der Waals surface area (Å²) in [6.07, 6.45) is 1.83. The lowest BCUT2D eigenvalue weighted by Gasteiger charge is -2.33. The molecule has 0 heterocycles. The summed E-state index contributed by atoms with van der Waals surface area (Å²) in [5, 5.41) is 3.08. The largest absolute Gasteiger partial charge is 0.497 e. The molecule has 0 saturated heterocycles. The number of benzene rings is 2. The van der Waals surface area contributed by atoms with Crippen LogP contribution in [-0.4, -0.2) is 19.1 Å². The Labute approximate surface area is 172 Å². The average Bonchev–Trinajstić information content (AvgIpc) is 2.53. The molecule has 1 fully saturated rings. The van der Waals surface area contributed by atoms with Gasteiger partial charge in [-0.1, -0.05) is 12.1 Å². The predicted molar refractivity (Wildman–Crippen MR) is 114 cm³/mol. The lowest BCUT2D eigenvalue weighted by Crippen LogP contribution is -2.31. The van der Waals surface area contributed by atoms with Gasteiger partial charge in [-0.3, -0.25) is 0 Å². The zero-order chi connectivity index (χ0) is 17.1. The van der Waals surface area contributed by atoms with Gasteiger partial charge >= 0.3 is 0 Å². The van der Waals surface area contributed by atoms with E-state index in [0.717, 1.165) is 29.8 Å². The number of ether oxygens (including phenoxy) is 1. The molecule has 0 unspecified atom stereocenters. The molecule has 0 radical (unpaired) electrons. The van der Waals surface area contributed by atoms with Crippen molar-refractivity contribution in [3.8, 4) is 5.75 Å². The number of hydrogen-bond donors (Lipinski definition) is 2. The van der Waals surface area contributed by atoms with Crippen molar-refractivity contribution in [2.45, 2.75) is 24.8 Å². The van der Waals surface area contributed by atoms with E-state index in [-0.39, 0.29) is 35.8 Å². The molecular weight excluding hydrogens is 500 g/mol. The zero-order valence-electron chi connectivity index (χ0n) is 13.7. The first-order valence-corrected chi connectivity index (χ1v) is 8.53. The molecule has 134 valence electrons. The third-order valence-corrected chi connectivity index (χ3v) is 4.80. The van der Waals surface area contributed by atoms with Crippen LogP contribution in [0.25, 0.3) is 0 Å². The second-order valence-electron chi connectivity index (χ2n) is 5.87. The van der Waals surface area contributed by atoms with Gasteiger partial charge in [0.2, 0.25) is 0 Å². The first-order chi connectivity index (χ1) is 11.5. The SMILES string of the molecule is COc1cccc(NC(N)=NC2CC(c3ccc(F)c(Br)c3)C2)c1.I. The Morgan fingerprint density at radius 3 is 2.72 bits per heavy atom. The van der Waals surface area contributed by atoms with E-state index in [1.54, 1.807) is 7.11 Å². The highest BCUT2D eigenvalue weighted by molar-refractivity contribution is 14.0. The summed E-state index contributed by atoms with van der Waals surface area (Å²) in [6, 6.07) is 12.9. The summed E-state index contributed by atoms with van der Waals surface area (Å²) in [5.74, 6) is 1.32. The highest BCUT2D eigenvalue weighted by atomic mass is 127. The number of nitrogens with two attached hydrogens (primary N) is 1. The van der Waals surface area contributed by atoms with Crippen LogP contribution in [0, 0.1) is 5.82 Å². The quantitative estimate of drug-likeness (QED) is 0.343. The van der Waals surface area contributed by atoms with Crippen molar-refractivity contribution in [2.24, 2.45) is 10.7 Å². The molecule has 0 bridgehead atoms. The van der Waals surface area contributed by atoms with E-state index in [1.165, 1.54) is 6.07 Å². The molecule has 1 aliphatic rings. The average molecular weight is 520 g/mol. The lowest BCUT2D eigenvalue weighted by molar-refractivity contribution is 0.353. The van der Waals surface area contributed by atoms with Crippen LogP contribution >= 0.6 is 39.9 Å². The first-order valence-electron chi connectivity index (χ1n) is 7.74. The van der Waals surface area contributed by atoms with Crippen LogP contribution in [0.3, 0.4) is 0 Å². The van der Waals surface area contributed by atoms with Crippen molar-refractivity contribution >= 4 is 51.6 Å². The van der Waals surface area contributed by atoms with E-state index in [0.29, 0.717) is 16.4 Å². The number of aliphatic imine (C=N–C) groups is 1. The Bertz CT molecular complexity index is 766. The fourth-order valence-corrected chi connectivity index (χ4v) is 3.21. The lowest BCUT2D eigenvalue weighted by atomic mass is 9.76. The number of nitrogens with zero attached hydrogens (tertiary/aromatic N) is 1. The third-order valence-electron chi connectivity index (χ3n) is 4.19. The van der Waals surface area contributed by atoms with Gasteiger partial charge < -0.3 is 15.8 Å². The van der Waals surface area contributed by atoms with E-state index in [9.17, 15) is 4.39 Å². The highest BCUT2D eigenvalue weighted by Crippen LogP contribution is 2.39. The zero-order valence-corrected chi connectivity index (χ0v) is 17.6. The minimum Gasteiger partial charge on any atom is -0.497 e. The van der Waals surface area contributed by atoms with Gasteiger partial charge in [0.1, 0.15) is 11.6 Å². The van der Waals surface area contributed by atoms with Crippen LogP contribution in [-0.2, 0) is 0 Å². The van der Waals surface area contributed by atoms with Crippen LogP contribution in [0.2, 0.25) is 0 Å². The predicted octanol–water partition coefficient (Wildman–Crippen LogP) is 4.89. The molecule has 7 heteroatoms. The van der Waals surface area contributed by atoms with E-state index < -0.39 is 0 Å². The first kappa shape index (κ1) is 20.0. The van der Waals surface area contributed by atoms with Gasteiger partial charge in [0.05, 0.1) is 17.6 Å². The molecule has 0 atom stereocenters. The van der Waals surface area contributed by atoms with Crippen molar-refractivity contribution in [3.63, 3.8) is 0 Å². The van der Waals surface area contributed by atoms with E-state index >= 15 is 0 Å². The maximum atomic E-state index is 13.3. The van der Waals surface area contributed by atoms with Crippen molar-refractivity contribution in [2.75, 3.05) is 12.4 Å². The van der Waals surface area contributed by atoms with E-state index in [2.05, 4.69) is 26.2 Å². The maximum Gasteiger partial charge on any atom is 0.193 e. The molecule has 3 N–H and O–H groups in total. The second-order valence-corrected chi connectivity index (χ2v) is 6.72. The van der Waals surface area contributed by atoms with Gasteiger partial charge in [-0.2, -0.15) is 0 Å². The minimum absolute atomic E-state index is 0. The van der Waals surface area contributed by atoms with Crippen molar-refractivity contribution in [1.82, 2.24) is 0 Å². The molecule has 1 saturated carbocycles. The van der Waals surface area contributed by atoms with Crippen molar-refractivity contribution in [3.05, 3.63) is 58.3 Å². The minimum atomic E-state index is -0.237. The topological polar surface area (TPSA) is 59.6 Å². The molecule has 2 aromatic carbocycles. The standard InChI is InChI=1S/C18H19BrFN3O.HI/c1-24-15-4-2-3-13(10-15)22-18(21)23-14-7-12(8-14)11-5-6-17(20)16(19)9-11;/h2-6,9-10,12,14H,7-8H2,1H3,(H3,21,22,23);1H. The Balaban J connectivity index is 0.00000225. The Morgan fingerprint density at radius 2 is 2.04 bits per heavy atom.